The first-order chi connectivity index (χ1) is 9.06. The molecule has 0 bridgehead atoms. The van der Waals surface area contributed by atoms with E-state index in [-0.39, 0.29) is 6.04 Å². The molecule has 3 rings (SSSR count). The molecule has 1 aliphatic rings. The Kier molecular flexibility index (Phi) is 2.94. The molecule has 0 radical (unpaired) electrons. The smallest absolute Gasteiger partial charge is 0.109 e. The Bertz CT molecular complexity index is 625. The molecule has 19 heavy (non-hydrogen) atoms. The lowest BCUT2D eigenvalue weighted by Crippen LogP contribution is -2.32. The first-order valence-electron chi connectivity index (χ1n) is 6.95. The monoisotopic (exact) mass is 255 g/mol. The van der Waals surface area contributed by atoms with Gasteiger partial charge in [0, 0.05) is 30.3 Å². The number of nitrogens with two attached hydrogens (primary N) is 1. The lowest BCUT2D eigenvalue weighted by atomic mass is 10.0. The van der Waals surface area contributed by atoms with Gasteiger partial charge in [-0.05, 0) is 44.4 Å². The standard InChI is InChI=1S/C16H21N3/c1-10-4-5-13(8-11(10)2)16-12(3)19-9-14(17)6-7-15(19)18-16/h4-5,8,14H,6-7,9,17H2,1-3H3. The van der Waals surface area contributed by atoms with Crippen molar-refractivity contribution in [2.75, 3.05) is 0 Å². The van der Waals surface area contributed by atoms with E-state index in [9.17, 15) is 0 Å². The van der Waals surface area contributed by atoms with Crippen molar-refractivity contribution in [3.63, 3.8) is 0 Å². The van der Waals surface area contributed by atoms with Gasteiger partial charge in [0.25, 0.3) is 0 Å². The van der Waals surface area contributed by atoms with Crippen LogP contribution in [0.1, 0.15) is 29.1 Å². The van der Waals surface area contributed by atoms with Crippen molar-refractivity contribution < 1.29 is 0 Å². The Morgan fingerprint density at radius 3 is 2.74 bits per heavy atom. The van der Waals surface area contributed by atoms with Gasteiger partial charge in [-0.1, -0.05) is 12.1 Å². The molecule has 1 aromatic carbocycles. The second-order valence-electron chi connectivity index (χ2n) is 5.67. The lowest BCUT2D eigenvalue weighted by molar-refractivity contribution is 0.448. The first-order valence-corrected chi connectivity index (χ1v) is 6.95. The molecule has 2 heterocycles. The highest BCUT2D eigenvalue weighted by Gasteiger charge is 2.21. The van der Waals surface area contributed by atoms with E-state index in [4.69, 9.17) is 10.7 Å². The van der Waals surface area contributed by atoms with Crippen LogP contribution in [-0.4, -0.2) is 15.6 Å². The van der Waals surface area contributed by atoms with Crippen molar-refractivity contribution in [3.8, 4) is 11.3 Å². The largest absolute Gasteiger partial charge is 0.330 e. The summed E-state index contributed by atoms with van der Waals surface area (Å²) >= 11 is 0. The van der Waals surface area contributed by atoms with Crippen LogP contribution in [0.3, 0.4) is 0 Å². The number of aromatic nitrogens is 2. The Hall–Kier alpha value is -1.61. The first kappa shape index (κ1) is 12.4. The number of fused-ring (bicyclic) bond motifs is 1. The lowest BCUT2D eigenvalue weighted by Gasteiger charge is -2.21. The van der Waals surface area contributed by atoms with Crippen LogP contribution in [0.25, 0.3) is 11.3 Å². The summed E-state index contributed by atoms with van der Waals surface area (Å²) in [4.78, 5) is 4.83. The molecule has 0 fully saturated rings. The number of imidazole rings is 1. The molecule has 1 aliphatic heterocycles. The van der Waals surface area contributed by atoms with Crippen LogP contribution in [0, 0.1) is 20.8 Å². The number of hydrogen-bond acceptors (Lipinski definition) is 2. The molecule has 1 aromatic heterocycles. The van der Waals surface area contributed by atoms with Crippen LogP contribution in [0.2, 0.25) is 0 Å². The van der Waals surface area contributed by atoms with Gasteiger partial charge in [0.15, 0.2) is 0 Å². The molecule has 3 heteroatoms. The topological polar surface area (TPSA) is 43.8 Å². The summed E-state index contributed by atoms with van der Waals surface area (Å²) in [6.45, 7) is 7.35. The van der Waals surface area contributed by atoms with Gasteiger partial charge in [-0.2, -0.15) is 0 Å². The third-order valence-electron chi connectivity index (χ3n) is 4.24. The number of nitrogens with zero attached hydrogens (tertiary/aromatic N) is 2. The fourth-order valence-corrected chi connectivity index (χ4v) is 2.83. The molecule has 2 N–H and O–H groups in total. The summed E-state index contributed by atoms with van der Waals surface area (Å²) in [6, 6.07) is 6.85. The van der Waals surface area contributed by atoms with Gasteiger partial charge in [0.05, 0.1) is 5.69 Å². The molecule has 1 atom stereocenters. The van der Waals surface area contributed by atoms with Crippen molar-refractivity contribution in [2.24, 2.45) is 5.73 Å². The van der Waals surface area contributed by atoms with E-state index in [1.54, 1.807) is 0 Å². The van der Waals surface area contributed by atoms with Crippen molar-refractivity contribution in [2.45, 2.75) is 46.2 Å². The molecule has 1 unspecified atom stereocenters. The maximum Gasteiger partial charge on any atom is 0.109 e. The van der Waals surface area contributed by atoms with Gasteiger partial charge in [-0.25, -0.2) is 4.98 Å². The Morgan fingerprint density at radius 1 is 1.21 bits per heavy atom. The van der Waals surface area contributed by atoms with E-state index in [0.29, 0.717) is 0 Å². The molecule has 0 spiro atoms. The Labute approximate surface area is 114 Å². The highest BCUT2D eigenvalue weighted by atomic mass is 15.1. The Morgan fingerprint density at radius 2 is 2.00 bits per heavy atom. The molecule has 100 valence electrons. The van der Waals surface area contributed by atoms with Gasteiger partial charge in [0.2, 0.25) is 0 Å². The van der Waals surface area contributed by atoms with Gasteiger partial charge in [0.1, 0.15) is 5.82 Å². The van der Waals surface area contributed by atoms with Gasteiger partial charge in [-0.3, -0.25) is 0 Å². The fraction of sp³-hybridized carbons (Fsp3) is 0.438. The minimum Gasteiger partial charge on any atom is -0.330 e. The van der Waals surface area contributed by atoms with E-state index in [1.165, 1.54) is 28.2 Å². The highest BCUT2D eigenvalue weighted by Crippen LogP contribution is 2.28. The molecule has 0 aliphatic carbocycles. The summed E-state index contributed by atoms with van der Waals surface area (Å²) in [6.07, 6.45) is 2.04. The minimum atomic E-state index is 0.271. The summed E-state index contributed by atoms with van der Waals surface area (Å²) < 4.78 is 2.29. The van der Waals surface area contributed by atoms with Gasteiger partial charge in [-0.15, -0.1) is 0 Å². The minimum absolute atomic E-state index is 0.271. The van der Waals surface area contributed by atoms with Crippen LogP contribution in [0.4, 0.5) is 0 Å². The molecular weight excluding hydrogens is 234 g/mol. The average molecular weight is 255 g/mol. The second-order valence-corrected chi connectivity index (χ2v) is 5.67. The van der Waals surface area contributed by atoms with Crippen LogP contribution < -0.4 is 5.73 Å². The normalized spacial score (nSPS) is 18.4. The zero-order valence-electron chi connectivity index (χ0n) is 11.9. The molecule has 0 saturated carbocycles. The molecule has 2 aromatic rings. The van der Waals surface area contributed by atoms with E-state index >= 15 is 0 Å². The third kappa shape index (κ3) is 2.08. The Balaban J connectivity index is 2.08. The molecule has 3 nitrogen and oxygen atoms in total. The molecule has 0 amide bonds. The predicted molar refractivity (Wildman–Crippen MR) is 78.2 cm³/mol. The maximum absolute atomic E-state index is 6.06. The molecular formula is C16H21N3. The zero-order valence-corrected chi connectivity index (χ0v) is 11.9. The van der Waals surface area contributed by atoms with Crippen molar-refractivity contribution in [1.29, 1.82) is 0 Å². The van der Waals surface area contributed by atoms with Crippen LogP contribution in [-0.2, 0) is 13.0 Å². The van der Waals surface area contributed by atoms with E-state index in [0.717, 1.165) is 25.1 Å². The summed E-state index contributed by atoms with van der Waals surface area (Å²) in [5.41, 5.74) is 12.3. The number of rotatable bonds is 1. The fourth-order valence-electron chi connectivity index (χ4n) is 2.83. The van der Waals surface area contributed by atoms with Crippen LogP contribution >= 0.6 is 0 Å². The summed E-state index contributed by atoms with van der Waals surface area (Å²) in [7, 11) is 0. The summed E-state index contributed by atoms with van der Waals surface area (Å²) in [5, 5.41) is 0. The quantitative estimate of drug-likeness (QED) is 0.851. The molecule has 0 saturated heterocycles. The summed E-state index contributed by atoms with van der Waals surface area (Å²) in [5.74, 6) is 1.19. The number of aryl methyl sites for hydroxylation is 3. The second kappa shape index (κ2) is 4.49. The van der Waals surface area contributed by atoms with E-state index in [2.05, 4.69) is 43.5 Å². The van der Waals surface area contributed by atoms with Gasteiger partial charge >= 0.3 is 0 Å². The van der Waals surface area contributed by atoms with Crippen molar-refractivity contribution in [1.82, 2.24) is 9.55 Å². The van der Waals surface area contributed by atoms with Crippen molar-refractivity contribution >= 4 is 0 Å². The van der Waals surface area contributed by atoms with Crippen molar-refractivity contribution in [3.05, 3.63) is 40.8 Å². The zero-order chi connectivity index (χ0) is 13.6. The SMILES string of the molecule is Cc1ccc(-c2nc3n(c2C)CC(N)CC3)cc1C. The van der Waals surface area contributed by atoms with E-state index < -0.39 is 0 Å². The van der Waals surface area contributed by atoms with E-state index in [1.807, 2.05) is 0 Å². The number of hydrogen-bond donors (Lipinski definition) is 1. The van der Waals surface area contributed by atoms with Crippen LogP contribution in [0.15, 0.2) is 18.2 Å². The predicted octanol–water partition coefficient (Wildman–Crippen LogP) is 2.75. The maximum atomic E-state index is 6.06. The average Bonchev–Trinajstić information content (AvgIpc) is 2.70. The van der Waals surface area contributed by atoms with Gasteiger partial charge < -0.3 is 10.3 Å². The third-order valence-corrected chi connectivity index (χ3v) is 4.24. The number of benzene rings is 1. The highest BCUT2D eigenvalue weighted by molar-refractivity contribution is 5.64. The van der Waals surface area contributed by atoms with Crippen LogP contribution in [0.5, 0.6) is 0 Å².